The lowest BCUT2D eigenvalue weighted by molar-refractivity contribution is 0.370. The molecule has 2 aromatic rings. The molecule has 0 fully saturated rings. The van der Waals surface area contributed by atoms with E-state index in [2.05, 4.69) is 27.7 Å². The van der Waals surface area contributed by atoms with Crippen LogP contribution < -0.4 is 10.9 Å². The van der Waals surface area contributed by atoms with Crippen molar-refractivity contribution in [2.45, 2.75) is 38.4 Å². The van der Waals surface area contributed by atoms with Crippen LogP contribution in [-0.2, 0) is 25.9 Å². The molecule has 1 atom stereocenters. The van der Waals surface area contributed by atoms with Gasteiger partial charge in [-0.3, -0.25) is 4.79 Å². The molecule has 1 aliphatic carbocycles. The molecule has 4 nitrogen and oxygen atoms in total. The molecule has 124 valence electrons. The summed E-state index contributed by atoms with van der Waals surface area (Å²) in [5.41, 5.74) is 2.71. The molecule has 1 aliphatic rings. The first-order valence-electron chi connectivity index (χ1n) is 8.25. The fourth-order valence-corrected chi connectivity index (χ4v) is 3.86. The Balaban J connectivity index is 1.68. The Morgan fingerprint density at radius 2 is 2.22 bits per heavy atom. The van der Waals surface area contributed by atoms with Gasteiger partial charge < -0.3 is 14.8 Å². The summed E-state index contributed by atoms with van der Waals surface area (Å²) in [5, 5.41) is 5.79. The van der Waals surface area contributed by atoms with Crippen LogP contribution in [0.1, 0.15) is 22.6 Å². The smallest absolute Gasteiger partial charge is 0.250 e. The van der Waals surface area contributed by atoms with Crippen molar-refractivity contribution >= 4 is 11.3 Å². The number of pyridine rings is 1. The summed E-state index contributed by atoms with van der Waals surface area (Å²) in [5.74, 6) is 0. The lowest BCUT2D eigenvalue weighted by atomic mass is 9.91. The number of nitrogens with one attached hydrogen (secondary N) is 1. The summed E-state index contributed by atoms with van der Waals surface area (Å²) in [7, 11) is 4.09. The molecule has 0 saturated heterocycles. The zero-order chi connectivity index (χ0) is 16.2. The summed E-state index contributed by atoms with van der Waals surface area (Å²) in [6.07, 6.45) is 3.10. The number of likely N-dealkylation sites (N-methyl/N-ethyl adjacent to an activating group) is 1. The van der Waals surface area contributed by atoms with Crippen LogP contribution in [0.25, 0.3) is 0 Å². The Hall–Kier alpha value is -1.43. The Morgan fingerprint density at radius 1 is 1.35 bits per heavy atom. The molecule has 2 aromatic heterocycles. The van der Waals surface area contributed by atoms with Crippen LogP contribution in [0.5, 0.6) is 0 Å². The van der Waals surface area contributed by atoms with Crippen molar-refractivity contribution in [3.05, 3.63) is 56.1 Å². The monoisotopic (exact) mass is 331 g/mol. The molecule has 1 unspecified atom stereocenters. The molecule has 23 heavy (non-hydrogen) atoms. The highest BCUT2D eigenvalue weighted by atomic mass is 32.1. The third-order valence-electron chi connectivity index (χ3n) is 4.50. The van der Waals surface area contributed by atoms with Crippen molar-refractivity contribution in [1.29, 1.82) is 0 Å². The number of hydrogen-bond acceptors (Lipinski definition) is 4. The number of aromatic nitrogens is 1. The Labute approximate surface area is 141 Å². The van der Waals surface area contributed by atoms with Gasteiger partial charge in [0.1, 0.15) is 0 Å². The zero-order valence-corrected chi connectivity index (χ0v) is 14.7. The van der Waals surface area contributed by atoms with Crippen LogP contribution in [-0.4, -0.2) is 36.1 Å². The minimum Gasteiger partial charge on any atom is -0.311 e. The highest BCUT2D eigenvalue weighted by molar-refractivity contribution is 7.09. The molecule has 0 spiro atoms. The van der Waals surface area contributed by atoms with Gasteiger partial charge in [-0.1, -0.05) is 12.1 Å². The van der Waals surface area contributed by atoms with Gasteiger partial charge >= 0.3 is 0 Å². The van der Waals surface area contributed by atoms with E-state index in [1.807, 2.05) is 24.7 Å². The van der Waals surface area contributed by atoms with E-state index in [9.17, 15) is 4.79 Å². The van der Waals surface area contributed by atoms with E-state index in [0.29, 0.717) is 6.04 Å². The van der Waals surface area contributed by atoms with Crippen molar-refractivity contribution in [1.82, 2.24) is 14.8 Å². The van der Waals surface area contributed by atoms with Crippen molar-refractivity contribution in [2.24, 2.45) is 0 Å². The maximum Gasteiger partial charge on any atom is 0.250 e. The summed E-state index contributed by atoms with van der Waals surface area (Å²) in [4.78, 5) is 15.7. The first-order valence-corrected chi connectivity index (χ1v) is 9.13. The number of hydrogen-bond donors (Lipinski definition) is 1. The van der Waals surface area contributed by atoms with E-state index < -0.39 is 0 Å². The fraction of sp³-hybridized carbons (Fsp3) is 0.500. The van der Waals surface area contributed by atoms with Crippen LogP contribution in [0.4, 0.5) is 0 Å². The van der Waals surface area contributed by atoms with E-state index >= 15 is 0 Å². The first kappa shape index (κ1) is 16.4. The molecule has 0 aromatic carbocycles. The van der Waals surface area contributed by atoms with Crippen molar-refractivity contribution in [2.75, 3.05) is 20.6 Å². The second-order valence-electron chi connectivity index (χ2n) is 6.50. The van der Waals surface area contributed by atoms with Crippen LogP contribution in [0.2, 0.25) is 0 Å². The number of thiophene rings is 1. The second-order valence-corrected chi connectivity index (χ2v) is 7.53. The average molecular weight is 331 g/mol. The highest BCUT2D eigenvalue weighted by Gasteiger charge is 2.21. The standard InChI is InChI=1S/C18H25N3OS/c1-20(2)9-10-21-17-7-6-15(12-14(17)5-8-18(21)22)19-13-16-4-3-11-23-16/h3-5,8,11,15,19H,6-7,9-10,12-13H2,1-2H3. The van der Waals surface area contributed by atoms with Gasteiger partial charge in [-0.25, -0.2) is 0 Å². The molecule has 5 heteroatoms. The lowest BCUT2D eigenvalue weighted by Gasteiger charge is -2.28. The minimum atomic E-state index is 0.135. The number of nitrogens with zero attached hydrogens (tertiary/aromatic N) is 2. The normalized spacial score (nSPS) is 17.4. The molecule has 2 heterocycles. The van der Waals surface area contributed by atoms with Gasteiger partial charge in [-0.05, 0) is 50.4 Å². The van der Waals surface area contributed by atoms with Crippen LogP contribution in [0.3, 0.4) is 0 Å². The molecular formula is C18H25N3OS. The van der Waals surface area contributed by atoms with Crippen molar-refractivity contribution < 1.29 is 0 Å². The summed E-state index contributed by atoms with van der Waals surface area (Å²) >= 11 is 1.80. The maximum absolute atomic E-state index is 12.2. The average Bonchev–Trinajstić information content (AvgIpc) is 3.05. The van der Waals surface area contributed by atoms with Gasteiger partial charge in [-0.2, -0.15) is 0 Å². The highest BCUT2D eigenvalue weighted by Crippen LogP contribution is 2.21. The third-order valence-corrected chi connectivity index (χ3v) is 5.38. The second kappa shape index (κ2) is 7.43. The maximum atomic E-state index is 12.2. The molecule has 0 amide bonds. The summed E-state index contributed by atoms with van der Waals surface area (Å²) < 4.78 is 1.98. The number of rotatable bonds is 6. The van der Waals surface area contributed by atoms with E-state index in [4.69, 9.17) is 0 Å². The summed E-state index contributed by atoms with van der Waals surface area (Å²) in [6, 6.07) is 8.54. The minimum absolute atomic E-state index is 0.135. The van der Waals surface area contributed by atoms with E-state index in [-0.39, 0.29) is 5.56 Å². The van der Waals surface area contributed by atoms with Crippen molar-refractivity contribution in [3.8, 4) is 0 Å². The van der Waals surface area contributed by atoms with Gasteiger partial charge in [0.05, 0.1) is 0 Å². The lowest BCUT2D eigenvalue weighted by Crippen LogP contribution is -2.37. The van der Waals surface area contributed by atoms with Gasteiger partial charge in [0.15, 0.2) is 0 Å². The van der Waals surface area contributed by atoms with Gasteiger partial charge in [0, 0.05) is 42.3 Å². The van der Waals surface area contributed by atoms with E-state index in [1.165, 1.54) is 16.1 Å². The summed E-state index contributed by atoms with van der Waals surface area (Å²) in [6.45, 7) is 2.62. The molecule has 1 N–H and O–H groups in total. The van der Waals surface area contributed by atoms with E-state index in [0.717, 1.165) is 38.9 Å². The molecular weight excluding hydrogens is 306 g/mol. The van der Waals surface area contributed by atoms with Crippen LogP contribution >= 0.6 is 11.3 Å². The SMILES string of the molecule is CN(C)CCn1c2c(ccc1=O)CC(NCc1cccs1)CC2. The van der Waals surface area contributed by atoms with Gasteiger partial charge in [0.2, 0.25) is 0 Å². The third kappa shape index (κ3) is 4.10. The fourth-order valence-electron chi connectivity index (χ4n) is 3.20. The van der Waals surface area contributed by atoms with E-state index in [1.54, 1.807) is 17.4 Å². The quantitative estimate of drug-likeness (QED) is 0.881. The largest absolute Gasteiger partial charge is 0.311 e. The Kier molecular flexibility index (Phi) is 5.30. The van der Waals surface area contributed by atoms with Crippen LogP contribution in [0, 0.1) is 0 Å². The molecule has 0 aliphatic heterocycles. The molecule has 0 bridgehead atoms. The Morgan fingerprint density at radius 3 is 2.96 bits per heavy atom. The topological polar surface area (TPSA) is 37.3 Å². The molecule has 3 rings (SSSR count). The molecule has 0 saturated carbocycles. The van der Waals surface area contributed by atoms with Gasteiger partial charge in [-0.15, -0.1) is 11.3 Å². The Bertz CT molecular complexity index is 691. The van der Waals surface area contributed by atoms with Gasteiger partial charge in [0.25, 0.3) is 5.56 Å². The van der Waals surface area contributed by atoms with Crippen LogP contribution in [0.15, 0.2) is 34.4 Å². The zero-order valence-electron chi connectivity index (χ0n) is 13.9. The predicted molar refractivity (Wildman–Crippen MR) is 96.2 cm³/mol. The number of fused-ring (bicyclic) bond motifs is 1. The predicted octanol–water partition coefficient (Wildman–Crippen LogP) is 2.12. The molecule has 0 radical (unpaired) electrons. The van der Waals surface area contributed by atoms with Crippen molar-refractivity contribution in [3.63, 3.8) is 0 Å². The first-order chi connectivity index (χ1) is 11.1.